The van der Waals surface area contributed by atoms with Gasteiger partial charge in [-0.15, -0.1) is 34.0 Å². The third-order valence-electron chi connectivity index (χ3n) is 2.42. The number of hydrogen-bond acceptors (Lipinski definition) is 3. The molecule has 0 fully saturated rings. The summed E-state index contributed by atoms with van der Waals surface area (Å²) < 4.78 is 7.48. The van der Waals surface area contributed by atoms with Crippen molar-refractivity contribution >= 4 is 47.2 Å². The van der Waals surface area contributed by atoms with Crippen LogP contribution in [0.25, 0.3) is 13.2 Å². The molecule has 3 rings (SSSR count). The van der Waals surface area contributed by atoms with Crippen molar-refractivity contribution < 1.29 is 0 Å². The van der Waals surface area contributed by atoms with Gasteiger partial charge in [-0.05, 0) is 36.4 Å². The Hall–Kier alpha value is -1.16. The average Bonchev–Trinajstić information content (AvgIpc) is 2.96. The summed E-state index contributed by atoms with van der Waals surface area (Å²) in [6.45, 7) is 7.90. The van der Waals surface area contributed by atoms with E-state index in [4.69, 9.17) is 0 Å². The van der Waals surface area contributed by atoms with Crippen LogP contribution in [0.4, 0.5) is 0 Å². The smallest absolute Gasteiger partial charge is 0.0449 e. The van der Waals surface area contributed by atoms with Gasteiger partial charge in [0.15, 0.2) is 0 Å². The Morgan fingerprint density at radius 3 is 1.24 bits per heavy atom. The van der Waals surface area contributed by atoms with Gasteiger partial charge in [0.05, 0.1) is 0 Å². The van der Waals surface area contributed by atoms with Gasteiger partial charge in [-0.1, -0.05) is 13.2 Å². The molecule has 0 saturated heterocycles. The highest BCUT2D eigenvalue weighted by atomic mass is 32.1. The fourth-order valence-corrected chi connectivity index (χ4v) is 4.42. The summed E-state index contributed by atoms with van der Waals surface area (Å²) in [7, 11) is 0. The summed E-state index contributed by atoms with van der Waals surface area (Å²) in [6.07, 6.45) is 0. The lowest BCUT2D eigenvalue weighted by atomic mass is 10.5. The molecule has 0 aliphatic carbocycles. The first-order valence-electron chi connectivity index (χ1n) is 5.16. The van der Waals surface area contributed by atoms with Crippen LogP contribution in [0.3, 0.4) is 0 Å². The van der Waals surface area contributed by atoms with Crippen LogP contribution < -0.4 is 9.06 Å². The Morgan fingerprint density at radius 2 is 0.882 bits per heavy atom. The van der Waals surface area contributed by atoms with E-state index in [0.29, 0.717) is 0 Å². The molecule has 84 valence electrons. The maximum absolute atomic E-state index is 3.95. The maximum atomic E-state index is 3.95. The number of hydrogen-bond donors (Lipinski definition) is 0. The van der Waals surface area contributed by atoms with Gasteiger partial charge in [0.1, 0.15) is 0 Å². The molecular weight excluding hydrogens is 264 g/mol. The molecule has 0 bridgehead atoms. The molecule has 0 spiro atoms. The van der Waals surface area contributed by atoms with Gasteiger partial charge in [-0.25, -0.2) is 0 Å². The van der Waals surface area contributed by atoms with Crippen LogP contribution in [-0.4, -0.2) is 0 Å². The van der Waals surface area contributed by atoms with Crippen molar-refractivity contribution in [3.63, 3.8) is 0 Å². The van der Waals surface area contributed by atoms with E-state index in [2.05, 4.69) is 49.6 Å². The molecule has 3 aromatic rings. The first-order valence-corrected chi connectivity index (χ1v) is 7.61. The van der Waals surface area contributed by atoms with Crippen molar-refractivity contribution in [2.45, 2.75) is 0 Å². The summed E-state index contributed by atoms with van der Waals surface area (Å²) in [4.78, 5) is 0. The van der Waals surface area contributed by atoms with E-state index in [1.807, 2.05) is 11.3 Å². The van der Waals surface area contributed by atoms with Gasteiger partial charge >= 0.3 is 0 Å². The predicted molar refractivity (Wildman–Crippen MR) is 78.6 cm³/mol. The van der Waals surface area contributed by atoms with Crippen molar-refractivity contribution in [3.8, 4) is 0 Å². The van der Waals surface area contributed by atoms with Crippen molar-refractivity contribution in [1.29, 1.82) is 0 Å². The van der Waals surface area contributed by atoms with Gasteiger partial charge in [-0.2, -0.15) is 0 Å². The maximum Gasteiger partial charge on any atom is 0.0449 e. The molecule has 0 radical (unpaired) electrons. The molecule has 0 saturated carbocycles. The van der Waals surface area contributed by atoms with E-state index in [1.54, 1.807) is 22.7 Å². The Bertz CT molecular complexity index is 848. The lowest BCUT2D eigenvalue weighted by Gasteiger charge is -1.72. The average molecular weight is 274 g/mol. The van der Waals surface area contributed by atoms with Crippen molar-refractivity contribution in [2.24, 2.45) is 0 Å². The summed E-state index contributed by atoms with van der Waals surface area (Å²) in [6, 6.07) is 12.8. The lowest BCUT2D eigenvalue weighted by molar-refractivity contribution is 1.74. The predicted octanol–water partition coefficient (Wildman–Crippen LogP) is 3.27. The molecule has 3 heteroatoms. The van der Waals surface area contributed by atoms with Crippen LogP contribution in [0.5, 0.6) is 0 Å². The minimum absolute atomic E-state index is 1.12. The molecule has 0 atom stereocenters. The molecular formula is C14H10S3. The van der Waals surface area contributed by atoms with Crippen molar-refractivity contribution in [1.82, 2.24) is 0 Å². The highest BCUT2D eigenvalue weighted by Crippen LogP contribution is 2.11. The van der Waals surface area contributed by atoms with E-state index < -0.39 is 0 Å². The molecule has 0 N–H and O–H groups in total. The second-order valence-corrected chi connectivity index (χ2v) is 7.12. The minimum atomic E-state index is 1.12. The number of rotatable bonds is 0. The van der Waals surface area contributed by atoms with Crippen molar-refractivity contribution in [2.75, 3.05) is 0 Å². The van der Waals surface area contributed by atoms with E-state index in [1.165, 1.54) is 18.1 Å². The molecule has 0 amide bonds. The minimum Gasteiger partial charge on any atom is -0.136 e. The Labute approximate surface area is 110 Å². The van der Waals surface area contributed by atoms with Crippen LogP contribution in [0, 0.1) is 18.1 Å². The largest absolute Gasteiger partial charge is 0.136 e. The third kappa shape index (κ3) is 2.14. The molecule has 0 aromatic carbocycles. The monoisotopic (exact) mass is 274 g/mol. The highest BCUT2D eigenvalue weighted by molar-refractivity contribution is 7.13. The van der Waals surface area contributed by atoms with Crippen LogP contribution in [-0.2, 0) is 0 Å². The molecule has 3 heterocycles. The quantitative estimate of drug-likeness (QED) is 0.590. The van der Waals surface area contributed by atoms with E-state index in [-0.39, 0.29) is 0 Å². The van der Waals surface area contributed by atoms with Gasteiger partial charge < -0.3 is 0 Å². The van der Waals surface area contributed by atoms with Crippen LogP contribution >= 0.6 is 34.0 Å². The zero-order valence-corrected chi connectivity index (χ0v) is 11.6. The second-order valence-electron chi connectivity index (χ2n) is 3.70. The van der Waals surface area contributed by atoms with E-state index >= 15 is 0 Å². The molecule has 0 nitrogen and oxygen atoms in total. The molecule has 0 unspecified atom stereocenters. The Kier molecular flexibility index (Phi) is 2.74. The third-order valence-corrected chi connectivity index (χ3v) is 5.77. The second kappa shape index (κ2) is 4.26. The van der Waals surface area contributed by atoms with Gasteiger partial charge in [0, 0.05) is 27.2 Å². The van der Waals surface area contributed by atoms with Crippen LogP contribution in [0.1, 0.15) is 0 Å². The summed E-state index contributed by atoms with van der Waals surface area (Å²) in [5, 5.41) is 0. The topological polar surface area (TPSA) is 0 Å². The van der Waals surface area contributed by atoms with Crippen LogP contribution in [0.15, 0.2) is 36.4 Å². The number of thiophene rings is 3. The van der Waals surface area contributed by atoms with Crippen molar-refractivity contribution in [3.05, 3.63) is 63.6 Å². The first kappa shape index (κ1) is 11.0. The van der Waals surface area contributed by atoms with E-state index in [9.17, 15) is 0 Å². The molecule has 17 heavy (non-hydrogen) atoms. The molecule has 0 aliphatic heterocycles. The normalized spacial score (nSPS) is 15.1. The van der Waals surface area contributed by atoms with Crippen LogP contribution in [0.2, 0.25) is 0 Å². The fourth-order valence-electron chi connectivity index (χ4n) is 1.62. The fraction of sp³-hybridized carbons (Fsp3) is 0. The Balaban J connectivity index is 2.45. The molecule has 3 aromatic heterocycles. The highest BCUT2D eigenvalue weighted by Gasteiger charge is 1.91. The van der Waals surface area contributed by atoms with Gasteiger partial charge in [-0.3, -0.25) is 0 Å². The summed E-state index contributed by atoms with van der Waals surface area (Å²) >= 11 is 5.32. The first-order chi connectivity index (χ1) is 8.22. The standard InChI is InChI=1S/C14H10S3/c1-9-3-5-11(15-9)13-7-8-14(17-13)12-6-4-10(2)16-12/h3-8H,1-2H2/b13-11-,14-12-. The summed E-state index contributed by atoms with van der Waals surface area (Å²) in [5.74, 6) is 0. The van der Waals surface area contributed by atoms with Gasteiger partial charge in [0.25, 0.3) is 0 Å². The molecule has 0 aliphatic rings. The van der Waals surface area contributed by atoms with Gasteiger partial charge in [0.2, 0.25) is 0 Å². The zero-order valence-electron chi connectivity index (χ0n) is 9.10. The zero-order chi connectivity index (χ0) is 11.8. The van der Waals surface area contributed by atoms with E-state index in [0.717, 1.165) is 9.06 Å². The lowest BCUT2D eigenvalue weighted by Crippen LogP contribution is -1.78. The summed E-state index contributed by atoms with van der Waals surface area (Å²) in [5.41, 5.74) is 0. The Morgan fingerprint density at radius 1 is 0.529 bits per heavy atom. The SMILES string of the molecule is C=c1cc/c(=c2\cc/c(=c3\ccc(=C)s3)s2)s1.